The minimum atomic E-state index is -4.47. The van der Waals surface area contributed by atoms with Crippen molar-refractivity contribution >= 4 is 12.0 Å². The smallest absolute Gasteiger partial charge is 0.339 e. The number of likely N-dealkylation sites (tertiary alicyclic amines) is 1. The Kier molecular flexibility index (Phi) is 8.67. The quantitative estimate of drug-likeness (QED) is 0.320. The number of alkyl halides is 3. The summed E-state index contributed by atoms with van der Waals surface area (Å²) < 4.78 is 39.8. The molecule has 0 unspecified atom stereocenters. The third-order valence-electron chi connectivity index (χ3n) is 6.68. The number of hydrogen-bond donors (Lipinski definition) is 1. The van der Waals surface area contributed by atoms with Crippen LogP contribution < -0.4 is 0 Å². The van der Waals surface area contributed by atoms with Gasteiger partial charge in [-0.05, 0) is 73.1 Å². The van der Waals surface area contributed by atoms with Gasteiger partial charge in [-0.25, -0.2) is 0 Å². The molecule has 1 fully saturated rings. The molecule has 1 aromatic carbocycles. The topological polar surface area (TPSA) is 105 Å². The third kappa shape index (κ3) is 7.70. The molecule has 12 heteroatoms. The van der Waals surface area contributed by atoms with Crippen molar-refractivity contribution < 1.29 is 18.0 Å². The number of piperidine rings is 1. The number of benzene rings is 1. The lowest BCUT2D eigenvalue weighted by Gasteiger charge is -2.31. The first-order valence-electron chi connectivity index (χ1n) is 12.5. The normalized spacial score (nSPS) is 15.1. The van der Waals surface area contributed by atoms with Crippen LogP contribution in [-0.2, 0) is 23.9 Å². The molecule has 4 rings (SSSR count). The summed E-state index contributed by atoms with van der Waals surface area (Å²) in [6.45, 7) is 3.05. The lowest BCUT2D eigenvalue weighted by Crippen LogP contribution is -2.37. The molecule has 9 nitrogen and oxygen atoms in total. The molecule has 1 aliphatic heterocycles. The van der Waals surface area contributed by atoms with Gasteiger partial charge >= 0.3 is 6.18 Å². The first-order valence-corrected chi connectivity index (χ1v) is 12.5. The van der Waals surface area contributed by atoms with Crippen LogP contribution in [0.4, 0.5) is 13.2 Å². The van der Waals surface area contributed by atoms with E-state index < -0.39 is 11.7 Å². The van der Waals surface area contributed by atoms with E-state index in [0.29, 0.717) is 36.0 Å². The van der Waals surface area contributed by atoms with Crippen LogP contribution >= 0.6 is 0 Å². The van der Waals surface area contributed by atoms with Crippen LogP contribution in [0.1, 0.15) is 66.7 Å². The van der Waals surface area contributed by atoms with Crippen molar-refractivity contribution in [3.63, 3.8) is 0 Å². The van der Waals surface area contributed by atoms with Crippen LogP contribution in [0.5, 0.6) is 0 Å². The number of nitrogens with zero attached hydrogens (tertiary/aromatic N) is 7. The Labute approximate surface area is 213 Å². The van der Waals surface area contributed by atoms with Gasteiger partial charge in [-0.1, -0.05) is 25.3 Å². The molecule has 0 radical (unpaired) electrons. The molecule has 1 saturated heterocycles. The summed E-state index contributed by atoms with van der Waals surface area (Å²) in [6, 6.07) is 3.46. The summed E-state index contributed by atoms with van der Waals surface area (Å²) in [4.78, 5) is 15.8. The number of aryl methyl sites for hydroxylation is 2. The number of carbonyl (C=O) groups is 1. The Morgan fingerprint density at radius 2 is 2.00 bits per heavy atom. The van der Waals surface area contributed by atoms with Crippen molar-refractivity contribution in [1.29, 1.82) is 0 Å². The van der Waals surface area contributed by atoms with Gasteiger partial charge in [-0.3, -0.25) is 4.79 Å². The number of tetrazole rings is 1. The molecule has 0 spiro atoms. The van der Waals surface area contributed by atoms with Gasteiger partial charge in [0, 0.05) is 19.2 Å². The highest BCUT2D eigenvalue weighted by atomic mass is 19.4. The van der Waals surface area contributed by atoms with E-state index in [2.05, 4.69) is 30.8 Å². The van der Waals surface area contributed by atoms with Gasteiger partial charge in [0.15, 0.2) is 5.82 Å². The second kappa shape index (κ2) is 12.1. The largest absolute Gasteiger partial charge is 0.416 e. The highest BCUT2D eigenvalue weighted by Gasteiger charge is 2.31. The molecular weight excluding hydrogens is 485 g/mol. The van der Waals surface area contributed by atoms with E-state index in [9.17, 15) is 18.0 Å². The average Bonchev–Trinajstić information content (AvgIpc) is 3.54. The highest BCUT2D eigenvalue weighted by Crippen LogP contribution is 2.31. The van der Waals surface area contributed by atoms with Gasteiger partial charge in [0.1, 0.15) is 0 Å². The first kappa shape index (κ1) is 26.5. The van der Waals surface area contributed by atoms with Crippen molar-refractivity contribution in [2.45, 2.75) is 64.6 Å². The van der Waals surface area contributed by atoms with Gasteiger partial charge in [0.05, 0.1) is 24.0 Å². The van der Waals surface area contributed by atoms with E-state index in [-0.39, 0.29) is 12.5 Å². The molecule has 3 aromatic rings. The van der Waals surface area contributed by atoms with Crippen LogP contribution in [0, 0.1) is 12.8 Å². The minimum Gasteiger partial charge on any atom is -0.339 e. The van der Waals surface area contributed by atoms with Crippen molar-refractivity contribution in [1.82, 2.24) is 40.5 Å². The highest BCUT2D eigenvalue weighted by molar-refractivity contribution is 5.92. The second-order valence-electron chi connectivity index (χ2n) is 9.44. The van der Waals surface area contributed by atoms with Crippen LogP contribution in [-0.4, -0.2) is 59.5 Å². The van der Waals surface area contributed by atoms with E-state index in [4.69, 9.17) is 0 Å². The number of amides is 1. The number of rotatable bonds is 10. The Morgan fingerprint density at radius 3 is 2.68 bits per heavy atom. The lowest BCUT2D eigenvalue weighted by molar-refractivity contribution is -0.137. The second-order valence-corrected chi connectivity index (χ2v) is 9.44. The lowest BCUT2D eigenvalue weighted by atomic mass is 9.91. The van der Waals surface area contributed by atoms with Gasteiger partial charge in [0.2, 0.25) is 5.91 Å². The average molecular weight is 517 g/mol. The molecule has 0 aliphatic carbocycles. The number of carbonyl (C=O) groups excluding carboxylic acids is 1. The molecular formula is C25H31F3N8O. The van der Waals surface area contributed by atoms with Crippen molar-refractivity contribution in [2.24, 2.45) is 5.92 Å². The molecule has 1 amide bonds. The maximum Gasteiger partial charge on any atom is 0.416 e. The summed E-state index contributed by atoms with van der Waals surface area (Å²) in [6.07, 6.45) is 7.71. The fraction of sp³-hybridized carbons (Fsp3) is 0.520. The zero-order chi connectivity index (χ0) is 26.3. The van der Waals surface area contributed by atoms with E-state index in [1.165, 1.54) is 16.9 Å². The Bertz CT molecular complexity index is 1180. The first-order chi connectivity index (χ1) is 17.8. The number of aromatic amines is 1. The van der Waals surface area contributed by atoms with Gasteiger partial charge in [-0.15, -0.1) is 10.2 Å². The van der Waals surface area contributed by atoms with Crippen molar-refractivity contribution in [3.8, 4) is 0 Å². The molecule has 37 heavy (non-hydrogen) atoms. The maximum atomic E-state index is 13.3. The molecule has 198 valence electrons. The Hall–Kier alpha value is -3.57. The maximum absolute atomic E-state index is 13.3. The predicted molar refractivity (Wildman–Crippen MR) is 130 cm³/mol. The Balaban J connectivity index is 1.28. The van der Waals surface area contributed by atoms with Gasteiger partial charge < -0.3 is 4.90 Å². The number of H-pyrrole nitrogens is 1. The molecule has 3 heterocycles. The molecule has 1 aliphatic rings. The van der Waals surface area contributed by atoms with Crippen LogP contribution in [0.2, 0.25) is 0 Å². The zero-order valence-electron chi connectivity index (χ0n) is 20.8. The molecule has 1 N–H and O–H groups in total. The molecule has 0 bridgehead atoms. The Morgan fingerprint density at radius 1 is 1.19 bits per heavy atom. The zero-order valence-corrected chi connectivity index (χ0v) is 20.8. The van der Waals surface area contributed by atoms with Crippen LogP contribution in [0.25, 0.3) is 6.08 Å². The minimum absolute atomic E-state index is 0.0165. The standard InChI is InChI=1S/C25H31F3N8O/c1-18-30-34-36(32-18)17-21-15-22(25(26,27)28)9-7-20(21)8-10-24(37)35-13-11-19(12-14-35)5-3-2-4-6-23-16-29-33-31-23/h7-10,15-16,19H,2-6,11-14,17H2,1H3,(H,29,31,33)/b10-8+. The molecule has 0 saturated carbocycles. The SMILES string of the molecule is Cc1nnn(Cc2cc(C(F)(F)F)ccc2/C=C/C(=O)N2CCC(CCCCCc3cn[nH]n3)CC2)n1. The fourth-order valence-electron chi connectivity index (χ4n) is 4.59. The summed E-state index contributed by atoms with van der Waals surface area (Å²) >= 11 is 0. The van der Waals surface area contributed by atoms with Crippen molar-refractivity contribution in [2.75, 3.05) is 13.1 Å². The van der Waals surface area contributed by atoms with Gasteiger partial charge in [-0.2, -0.15) is 33.4 Å². The van der Waals surface area contributed by atoms with Crippen LogP contribution in [0.15, 0.2) is 30.5 Å². The van der Waals surface area contributed by atoms with E-state index >= 15 is 0 Å². The number of nitrogens with one attached hydrogen (secondary N) is 1. The summed E-state index contributed by atoms with van der Waals surface area (Å²) in [7, 11) is 0. The number of hydrogen-bond acceptors (Lipinski definition) is 6. The predicted octanol–water partition coefficient (Wildman–Crippen LogP) is 4.22. The van der Waals surface area contributed by atoms with Crippen molar-refractivity contribution in [3.05, 3.63) is 58.7 Å². The monoisotopic (exact) mass is 516 g/mol. The number of halogens is 3. The van der Waals surface area contributed by atoms with E-state index in [1.807, 2.05) is 4.90 Å². The third-order valence-corrected chi connectivity index (χ3v) is 6.68. The summed E-state index contributed by atoms with van der Waals surface area (Å²) in [5.74, 6) is 0.904. The molecule has 0 atom stereocenters. The van der Waals surface area contributed by atoms with Crippen LogP contribution in [0.3, 0.4) is 0 Å². The summed E-state index contributed by atoms with van der Waals surface area (Å²) in [5.41, 5.74) is 1.10. The van der Waals surface area contributed by atoms with E-state index in [0.717, 1.165) is 62.8 Å². The molecule has 2 aromatic heterocycles. The fourth-order valence-corrected chi connectivity index (χ4v) is 4.59. The number of unbranched alkanes of at least 4 members (excludes halogenated alkanes) is 2. The number of aromatic nitrogens is 7. The van der Waals surface area contributed by atoms with Gasteiger partial charge in [0.25, 0.3) is 0 Å². The summed E-state index contributed by atoms with van der Waals surface area (Å²) in [5, 5.41) is 22.2. The van der Waals surface area contributed by atoms with E-state index in [1.54, 1.807) is 19.2 Å².